The number of hydrogen-bond acceptors (Lipinski definition) is 4. The van der Waals surface area contributed by atoms with Crippen LogP contribution >= 0.6 is 0 Å². The Morgan fingerprint density at radius 2 is 1.84 bits per heavy atom. The molecule has 0 spiro atoms. The molecule has 0 amide bonds. The van der Waals surface area contributed by atoms with Crippen molar-refractivity contribution < 1.29 is 22.3 Å². The number of hydrogen-bond donors (Lipinski definition) is 1. The lowest BCUT2D eigenvalue weighted by Crippen LogP contribution is -2.19. The van der Waals surface area contributed by atoms with Crippen molar-refractivity contribution in [2.75, 3.05) is 11.9 Å². The van der Waals surface area contributed by atoms with Gasteiger partial charge in [0, 0.05) is 6.54 Å². The van der Waals surface area contributed by atoms with Crippen LogP contribution in [0.5, 0.6) is 5.75 Å². The fourth-order valence-corrected chi connectivity index (χ4v) is 2.30. The van der Waals surface area contributed by atoms with Gasteiger partial charge in [-0.2, -0.15) is 13.2 Å². The summed E-state index contributed by atoms with van der Waals surface area (Å²) >= 11 is 0. The van der Waals surface area contributed by atoms with Crippen LogP contribution in [0.15, 0.2) is 48.8 Å². The molecule has 0 fully saturated rings. The van der Waals surface area contributed by atoms with Gasteiger partial charge in [-0.05, 0) is 29.8 Å². The van der Waals surface area contributed by atoms with E-state index in [2.05, 4.69) is 15.3 Å². The second kappa shape index (κ2) is 6.92. The van der Waals surface area contributed by atoms with Crippen LogP contribution in [0.3, 0.4) is 0 Å². The lowest BCUT2D eigenvalue weighted by Gasteiger charge is -2.11. The third-order valence-corrected chi connectivity index (χ3v) is 3.37. The first-order valence-electron chi connectivity index (χ1n) is 7.34. The van der Waals surface area contributed by atoms with E-state index in [0.717, 1.165) is 0 Å². The van der Waals surface area contributed by atoms with E-state index >= 15 is 0 Å². The number of nitrogens with zero attached hydrogens (tertiary/aromatic N) is 2. The third kappa shape index (κ3) is 4.34. The van der Waals surface area contributed by atoms with Crippen molar-refractivity contribution in [2.45, 2.75) is 12.7 Å². The molecule has 3 aromatic rings. The summed E-state index contributed by atoms with van der Waals surface area (Å²) in [5, 5.41) is 3.23. The van der Waals surface area contributed by atoms with Gasteiger partial charge in [-0.1, -0.05) is 18.2 Å². The molecule has 0 unspecified atom stereocenters. The standard InChI is InChI=1S/C17H13F4N3O/c18-13-5-2-6-14-15(13)16(24-10-23-14)22-8-11-3-1-4-12(7-11)25-9-17(19,20)21/h1-7,10H,8-9H2,(H,22,23,24). The van der Waals surface area contributed by atoms with Gasteiger partial charge in [-0.3, -0.25) is 0 Å². The summed E-state index contributed by atoms with van der Waals surface area (Å²) in [6.07, 6.45) is -3.08. The number of halogens is 4. The van der Waals surface area contributed by atoms with Crippen molar-refractivity contribution in [3.05, 3.63) is 60.2 Å². The van der Waals surface area contributed by atoms with Gasteiger partial charge in [-0.15, -0.1) is 0 Å². The highest BCUT2D eigenvalue weighted by molar-refractivity contribution is 5.89. The Bertz CT molecular complexity index is 878. The molecule has 2 aromatic carbocycles. The van der Waals surface area contributed by atoms with Crippen LogP contribution in [0, 0.1) is 5.82 Å². The van der Waals surface area contributed by atoms with Crippen LogP contribution in [0.4, 0.5) is 23.4 Å². The van der Waals surface area contributed by atoms with Gasteiger partial charge in [0.05, 0.1) is 10.9 Å². The quantitative estimate of drug-likeness (QED) is 0.696. The smallest absolute Gasteiger partial charge is 0.422 e. The van der Waals surface area contributed by atoms with E-state index in [0.29, 0.717) is 16.9 Å². The van der Waals surface area contributed by atoms with E-state index in [-0.39, 0.29) is 17.7 Å². The van der Waals surface area contributed by atoms with Gasteiger partial charge < -0.3 is 10.1 Å². The largest absolute Gasteiger partial charge is 0.484 e. The maximum absolute atomic E-state index is 14.0. The maximum Gasteiger partial charge on any atom is 0.422 e. The number of anilines is 1. The molecule has 1 heterocycles. The first kappa shape index (κ1) is 16.9. The van der Waals surface area contributed by atoms with E-state index in [4.69, 9.17) is 4.74 Å². The Balaban J connectivity index is 1.74. The van der Waals surface area contributed by atoms with Crippen LogP contribution in [0.1, 0.15) is 5.56 Å². The monoisotopic (exact) mass is 351 g/mol. The summed E-state index contributed by atoms with van der Waals surface area (Å²) in [6, 6.07) is 10.7. The number of fused-ring (bicyclic) bond motifs is 1. The van der Waals surface area contributed by atoms with E-state index in [1.807, 2.05) is 0 Å². The molecule has 1 aromatic heterocycles. The molecule has 130 valence electrons. The molecular weight excluding hydrogens is 338 g/mol. The van der Waals surface area contributed by atoms with Crippen LogP contribution in [0.2, 0.25) is 0 Å². The summed E-state index contributed by atoms with van der Waals surface area (Å²) in [7, 11) is 0. The molecule has 0 aliphatic carbocycles. The van der Waals surface area contributed by atoms with Crippen molar-refractivity contribution >= 4 is 16.7 Å². The van der Waals surface area contributed by atoms with Gasteiger partial charge >= 0.3 is 6.18 Å². The van der Waals surface area contributed by atoms with E-state index in [9.17, 15) is 17.6 Å². The van der Waals surface area contributed by atoms with Crippen molar-refractivity contribution in [3.8, 4) is 5.75 Å². The lowest BCUT2D eigenvalue weighted by molar-refractivity contribution is -0.153. The zero-order valence-electron chi connectivity index (χ0n) is 12.8. The Kier molecular flexibility index (Phi) is 4.69. The molecule has 0 bridgehead atoms. The number of ether oxygens (including phenoxy) is 1. The number of nitrogens with one attached hydrogen (secondary N) is 1. The normalized spacial score (nSPS) is 11.5. The molecule has 1 N–H and O–H groups in total. The molecule has 8 heteroatoms. The Morgan fingerprint density at radius 3 is 2.64 bits per heavy atom. The van der Waals surface area contributed by atoms with Gasteiger partial charge in [0.15, 0.2) is 6.61 Å². The highest BCUT2D eigenvalue weighted by Crippen LogP contribution is 2.24. The fraction of sp³-hybridized carbons (Fsp3) is 0.176. The number of aromatic nitrogens is 2. The van der Waals surface area contributed by atoms with Crippen LogP contribution < -0.4 is 10.1 Å². The Morgan fingerprint density at radius 1 is 1.04 bits per heavy atom. The van der Waals surface area contributed by atoms with Gasteiger partial charge in [0.25, 0.3) is 0 Å². The molecule has 0 saturated carbocycles. The Hall–Kier alpha value is -2.90. The summed E-state index contributed by atoms with van der Waals surface area (Å²) in [4.78, 5) is 8.03. The number of rotatable bonds is 5. The predicted molar refractivity (Wildman–Crippen MR) is 84.8 cm³/mol. The molecule has 0 atom stereocenters. The molecule has 4 nitrogen and oxygen atoms in total. The first-order valence-corrected chi connectivity index (χ1v) is 7.34. The summed E-state index contributed by atoms with van der Waals surface area (Å²) in [5.41, 5.74) is 1.13. The molecular formula is C17H13F4N3O. The van der Waals surface area contributed by atoms with Crippen molar-refractivity contribution in [3.63, 3.8) is 0 Å². The zero-order chi connectivity index (χ0) is 17.9. The molecule has 0 aliphatic heterocycles. The highest BCUT2D eigenvalue weighted by Gasteiger charge is 2.28. The lowest BCUT2D eigenvalue weighted by atomic mass is 10.2. The minimum Gasteiger partial charge on any atom is -0.484 e. The second-order valence-corrected chi connectivity index (χ2v) is 5.26. The summed E-state index contributed by atoms with van der Waals surface area (Å²) in [5.74, 6) is -0.0390. The fourth-order valence-electron chi connectivity index (χ4n) is 2.30. The maximum atomic E-state index is 14.0. The minimum atomic E-state index is -4.40. The van der Waals surface area contributed by atoms with Crippen molar-refractivity contribution in [2.24, 2.45) is 0 Å². The van der Waals surface area contributed by atoms with Crippen LogP contribution in [-0.2, 0) is 6.54 Å². The molecule has 3 rings (SSSR count). The van der Waals surface area contributed by atoms with Crippen LogP contribution in [-0.4, -0.2) is 22.8 Å². The molecule has 0 aliphatic rings. The van der Waals surface area contributed by atoms with E-state index in [1.165, 1.54) is 24.5 Å². The van der Waals surface area contributed by atoms with Gasteiger partial charge in [-0.25, -0.2) is 14.4 Å². The number of benzene rings is 2. The van der Waals surface area contributed by atoms with E-state index in [1.54, 1.807) is 24.3 Å². The second-order valence-electron chi connectivity index (χ2n) is 5.26. The SMILES string of the molecule is Fc1cccc2ncnc(NCc3cccc(OCC(F)(F)F)c3)c12. The minimum absolute atomic E-state index is 0.107. The third-order valence-electron chi connectivity index (χ3n) is 3.37. The van der Waals surface area contributed by atoms with Gasteiger partial charge in [0.1, 0.15) is 23.7 Å². The van der Waals surface area contributed by atoms with Crippen molar-refractivity contribution in [1.29, 1.82) is 0 Å². The van der Waals surface area contributed by atoms with Crippen LogP contribution in [0.25, 0.3) is 10.9 Å². The Labute approximate surface area is 140 Å². The summed E-state index contributed by atoms with van der Waals surface area (Å²) < 4.78 is 55.3. The molecule has 0 saturated heterocycles. The zero-order valence-corrected chi connectivity index (χ0v) is 12.8. The summed E-state index contributed by atoms with van der Waals surface area (Å²) in [6.45, 7) is -1.12. The van der Waals surface area contributed by atoms with Gasteiger partial charge in [0.2, 0.25) is 0 Å². The predicted octanol–water partition coefficient (Wildman–Crippen LogP) is 4.32. The highest BCUT2D eigenvalue weighted by atomic mass is 19.4. The molecule has 25 heavy (non-hydrogen) atoms. The van der Waals surface area contributed by atoms with Crippen molar-refractivity contribution in [1.82, 2.24) is 9.97 Å². The molecule has 0 radical (unpaired) electrons. The topological polar surface area (TPSA) is 47.0 Å². The first-order chi connectivity index (χ1) is 11.9. The average molecular weight is 351 g/mol. The average Bonchev–Trinajstić information content (AvgIpc) is 2.58. The number of alkyl halides is 3. The van der Waals surface area contributed by atoms with E-state index < -0.39 is 18.6 Å².